The van der Waals surface area contributed by atoms with Crippen LogP contribution in [-0.4, -0.2) is 11.1 Å². The molecular formula is C10H14BN3S. The van der Waals surface area contributed by atoms with Crippen molar-refractivity contribution in [3.05, 3.63) is 11.8 Å². The van der Waals surface area contributed by atoms with Crippen LogP contribution in [0.15, 0.2) is 6.20 Å². The summed E-state index contributed by atoms with van der Waals surface area (Å²) >= 11 is 1.37. The van der Waals surface area contributed by atoms with Gasteiger partial charge in [0.05, 0.1) is 0 Å². The summed E-state index contributed by atoms with van der Waals surface area (Å²) in [5.41, 5.74) is 7.09. The number of nitriles is 1. The van der Waals surface area contributed by atoms with Crippen LogP contribution < -0.4 is 5.73 Å². The molecule has 0 saturated carbocycles. The van der Waals surface area contributed by atoms with E-state index in [9.17, 15) is 0 Å². The summed E-state index contributed by atoms with van der Waals surface area (Å²) in [5, 5.41) is 9.76. The predicted octanol–water partition coefficient (Wildman–Crippen LogP) is 2.55. The Balaban J connectivity index is 2.06. The molecule has 78 valence electrons. The van der Waals surface area contributed by atoms with Gasteiger partial charge in [-0.1, -0.05) is 25.5 Å². The number of hydrogen-bond donors (Lipinski definition) is 1. The van der Waals surface area contributed by atoms with Gasteiger partial charge in [0.2, 0.25) is 0 Å². The van der Waals surface area contributed by atoms with Gasteiger partial charge >= 0.3 is 0 Å². The largest absolute Gasteiger partial charge is 0.389 e. The van der Waals surface area contributed by atoms with Gasteiger partial charge in [-0.3, -0.25) is 0 Å². The molecule has 15 heavy (non-hydrogen) atoms. The number of rotatable bonds is 1. The van der Waals surface area contributed by atoms with Crippen LogP contribution in [-0.2, 0) is 0 Å². The number of nitrogens with two attached hydrogens (primary N) is 1. The Hall–Kier alpha value is -1.02. The maximum absolute atomic E-state index is 8.90. The van der Waals surface area contributed by atoms with E-state index in [4.69, 9.17) is 11.0 Å². The van der Waals surface area contributed by atoms with E-state index < -0.39 is 0 Å². The highest BCUT2D eigenvalue weighted by Crippen LogP contribution is 2.35. The molecule has 3 nitrogen and oxygen atoms in total. The minimum atomic E-state index is 0.253. The number of hydrogen-bond acceptors (Lipinski definition) is 4. The highest BCUT2D eigenvalue weighted by Gasteiger charge is 2.24. The lowest BCUT2D eigenvalue weighted by atomic mass is 9.46. The zero-order valence-corrected chi connectivity index (χ0v) is 9.46. The van der Waals surface area contributed by atoms with E-state index >= 15 is 0 Å². The number of aromatic nitrogens is 1. The first-order valence-corrected chi connectivity index (χ1v) is 6.18. The zero-order valence-electron chi connectivity index (χ0n) is 8.65. The quantitative estimate of drug-likeness (QED) is 0.738. The van der Waals surface area contributed by atoms with E-state index in [2.05, 4.69) is 10.3 Å². The van der Waals surface area contributed by atoms with Gasteiger partial charge in [0.1, 0.15) is 5.00 Å². The summed E-state index contributed by atoms with van der Waals surface area (Å²) in [5.74, 6) is 2.91. The Labute approximate surface area is 94.5 Å². The summed E-state index contributed by atoms with van der Waals surface area (Å²) in [6.07, 6.45) is 7.33. The van der Waals surface area contributed by atoms with E-state index in [1.54, 1.807) is 0 Å². The Morgan fingerprint density at radius 1 is 1.53 bits per heavy atom. The van der Waals surface area contributed by atoms with Crippen LogP contribution in [0.3, 0.4) is 0 Å². The maximum atomic E-state index is 8.90. The highest BCUT2D eigenvalue weighted by atomic mass is 32.1. The monoisotopic (exact) mass is 219 g/mol. The fourth-order valence-electron chi connectivity index (χ4n) is 2.30. The summed E-state index contributed by atoms with van der Waals surface area (Å²) < 4.78 is 4.12. The molecule has 0 radical (unpaired) electrons. The lowest BCUT2D eigenvalue weighted by Gasteiger charge is -2.12. The molecular weight excluding hydrogens is 205 g/mol. The minimum absolute atomic E-state index is 0.253. The average Bonchev–Trinajstić information content (AvgIpc) is 2.54. The first kappa shape index (κ1) is 10.5. The molecule has 0 aromatic carbocycles. The van der Waals surface area contributed by atoms with Gasteiger partial charge in [0.15, 0.2) is 0 Å². The molecule has 1 unspecified atom stereocenters. The molecule has 1 fully saturated rings. The van der Waals surface area contributed by atoms with Crippen LogP contribution in [0.1, 0.15) is 30.7 Å². The van der Waals surface area contributed by atoms with Crippen LogP contribution in [0.4, 0.5) is 5.00 Å². The predicted molar refractivity (Wildman–Crippen MR) is 64.1 cm³/mol. The van der Waals surface area contributed by atoms with Crippen molar-refractivity contribution in [2.45, 2.75) is 37.8 Å². The third kappa shape index (κ3) is 2.32. The van der Waals surface area contributed by atoms with Gasteiger partial charge in [-0.15, -0.1) is 0 Å². The van der Waals surface area contributed by atoms with Crippen LogP contribution in [0.25, 0.3) is 0 Å². The van der Waals surface area contributed by atoms with Crippen molar-refractivity contribution in [2.24, 2.45) is 0 Å². The Morgan fingerprint density at radius 3 is 3.07 bits per heavy atom. The van der Waals surface area contributed by atoms with Crippen molar-refractivity contribution in [3.8, 4) is 5.97 Å². The van der Waals surface area contributed by atoms with Crippen LogP contribution in [0, 0.1) is 11.2 Å². The van der Waals surface area contributed by atoms with Crippen molar-refractivity contribution in [2.75, 3.05) is 5.73 Å². The summed E-state index contributed by atoms with van der Waals surface area (Å²) in [7, 11) is 0. The lowest BCUT2D eigenvalue weighted by molar-refractivity contribution is 0.611. The molecule has 0 aliphatic carbocycles. The van der Waals surface area contributed by atoms with Crippen LogP contribution in [0.2, 0.25) is 12.6 Å². The first-order valence-electron chi connectivity index (χ1n) is 5.41. The van der Waals surface area contributed by atoms with Crippen molar-refractivity contribution in [1.82, 2.24) is 4.37 Å². The molecule has 0 bridgehead atoms. The molecule has 1 saturated heterocycles. The maximum Gasteiger partial charge on any atom is 0.267 e. The summed E-state index contributed by atoms with van der Waals surface area (Å²) in [4.78, 5) is 0. The second kappa shape index (κ2) is 4.67. The number of anilines is 1. The van der Waals surface area contributed by atoms with Gasteiger partial charge in [-0.25, -0.2) is 5.26 Å². The second-order valence-corrected chi connectivity index (χ2v) is 5.01. The molecule has 0 amide bonds. The Morgan fingerprint density at radius 2 is 2.40 bits per heavy atom. The molecule has 2 N–H and O–H groups in total. The third-order valence-electron chi connectivity index (χ3n) is 3.22. The number of nitrogen functional groups attached to an aromatic ring is 1. The molecule has 1 aliphatic rings. The summed E-state index contributed by atoms with van der Waals surface area (Å²) in [6.45, 7) is 0.253. The van der Waals surface area contributed by atoms with Gasteiger partial charge < -0.3 is 5.73 Å². The lowest BCUT2D eigenvalue weighted by Crippen LogP contribution is -2.07. The Kier molecular flexibility index (Phi) is 3.27. The molecule has 2 heterocycles. The second-order valence-electron chi connectivity index (χ2n) is 4.18. The van der Waals surface area contributed by atoms with E-state index in [0.717, 1.165) is 36.9 Å². The third-order valence-corrected chi connectivity index (χ3v) is 3.86. The zero-order chi connectivity index (χ0) is 10.7. The summed E-state index contributed by atoms with van der Waals surface area (Å²) in [6, 6.07) is 0. The number of nitrogens with zero attached hydrogens (tertiary/aromatic N) is 2. The van der Waals surface area contributed by atoms with Gasteiger partial charge in [-0.2, -0.15) is 4.37 Å². The fourth-order valence-corrected chi connectivity index (χ4v) is 2.91. The van der Waals surface area contributed by atoms with Crippen molar-refractivity contribution in [3.63, 3.8) is 0 Å². The normalized spacial score (nSPS) is 22.1. The molecule has 1 aromatic rings. The van der Waals surface area contributed by atoms with Crippen LogP contribution >= 0.6 is 11.5 Å². The van der Waals surface area contributed by atoms with E-state index in [0.29, 0.717) is 5.92 Å². The van der Waals surface area contributed by atoms with Crippen LogP contribution in [0.5, 0.6) is 0 Å². The molecule has 0 spiro atoms. The highest BCUT2D eigenvalue weighted by molar-refractivity contribution is 7.10. The molecule has 1 aliphatic heterocycles. The molecule has 1 atom stereocenters. The standard InChI is InChI=1S/C10H14BN3S/c12-7-11-4-1-2-8(3-5-11)9-6-14-15-10(9)13/h6,8H,1-5,13H2. The van der Waals surface area contributed by atoms with Crippen molar-refractivity contribution < 1.29 is 0 Å². The van der Waals surface area contributed by atoms with Crippen molar-refractivity contribution >= 4 is 23.2 Å². The first-order chi connectivity index (χ1) is 7.31. The average molecular weight is 219 g/mol. The molecule has 5 heteroatoms. The van der Waals surface area contributed by atoms with Gasteiger partial charge in [-0.05, 0) is 23.9 Å². The SMILES string of the molecule is N#CB1CCCC(c2cnsc2N)CC1. The minimum Gasteiger partial charge on any atom is -0.389 e. The Bertz CT molecular complexity index is 371. The van der Waals surface area contributed by atoms with Gasteiger partial charge in [0, 0.05) is 17.7 Å². The molecule has 1 aromatic heterocycles. The molecule has 2 rings (SSSR count). The smallest absolute Gasteiger partial charge is 0.267 e. The fraction of sp³-hybridized carbons (Fsp3) is 0.600. The van der Waals surface area contributed by atoms with Crippen molar-refractivity contribution in [1.29, 1.82) is 5.26 Å². The topological polar surface area (TPSA) is 62.7 Å². The van der Waals surface area contributed by atoms with E-state index in [-0.39, 0.29) is 6.71 Å². The van der Waals surface area contributed by atoms with Gasteiger partial charge in [0.25, 0.3) is 6.71 Å². The van der Waals surface area contributed by atoms with E-state index in [1.807, 2.05) is 6.20 Å². The van der Waals surface area contributed by atoms with E-state index in [1.165, 1.54) is 17.1 Å².